The Morgan fingerprint density at radius 3 is 1.47 bits per heavy atom. The second-order valence-corrected chi connectivity index (χ2v) is 30.2. The topological polar surface area (TPSA) is 525 Å². The van der Waals surface area contributed by atoms with Crippen molar-refractivity contribution in [3.63, 3.8) is 0 Å². The molecular formula is C75H126N14O19S2. The van der Waals surface area contributed by atoms with Gasteiger partial charge in [0.2, 0.25) is 76.8 Å². The van der Waals surface area contributed by atoms with Crippen LogP contribution in [0.3, 0.4) is 0 Å². The average Bonchev–Trinajstić information content (AvgIpc) is 1.65. The normalized spacial score (nSPS) is 16.3. The third-order valence-electron chi connectivity index (χ3n) is 18.9. The number of nitrogens with two attached hydrogens (primary N) is 2. The van der Waals surface area contributed by atoms with E-state index in [1.54, 1.807) is 13.2 Å². The quantitative estimate of drug-likeness (QED) is 0.0409. The van der Waals surface area contributed by atoms with Crippen molar-refractivity contribution in [2.45, 2.75) is 300 Å². The summed E-state index contributed by atoms with van der Waals surface area (Å²) in [6.07, 6.45) is 17.8. The van der Waals surface area contributed by atoms with E-state index < -0.39 is 187 Å². The van der Waals surface area contributed by atoms with Crippen LogP contribution in [-0.4, -0.2) is 236 Å². The molecule has 0 spiro atoms. The minimum absolute atomic E-state index is 0.00967. The molecule has 0 aliphatic carbocycles. The number of aliphatic hydroxyl groups is 2. The number of primary amides is 1. The lowest BCUT2D eigenvalue weighted by atomic mass is 10.0. The fraction of sp³-hybridized carbons (Fsp3) is 0.720. The monoisotopic (exact) mass is 1590 g/mol. The lowest BCUT2D eigenvalue weighted by Gasteiger charge is -2.30. The van der Waals surface area contributed by atoms with Gasteiger partial charge in [-0.2, -0.15) is 23.5 Å². The summed E-state index contributed by atoms with van der Waals surface area (Å²) in [6.45, 7) is 7.81. The summed E-state index contributed by atoms with van der Waals surface area (Å²) < 4.78 is 0. The van der Waals surface area contributed by atoms with Crippen LogP contribution in [0.2, 0.25) is 0 Å². The number of aliphatic carboxylic acids is 1. The largest absolute Gasteiger partial charge is 0.508 e. The molecule has 2 rings (SSSR count). The number of carboxylic acid groups (broad SMARTS) is 1. The number of carbonyl (C=O) groups is 15. The first-order valence-corrected chi connectivity index (χ1v) is 41.5. The van der Waals surface area contributed by atoms with Gasteiger partial charge in [0.25, 0.3) is 0 Å². The van der Waals surface area contributed by atoms with Crippen molar-refractivity contribution in [3.8, 4) is 5.75 Å². The van der Waals surface area contributed by atoms with E-state index in [0.717, 1.165) is 44.4 Å². The van der Waals surface area contributed by atoms with Gasteiger partial charge in [-0.3, -0.25) is 71.9 Å². The lowest BCUT2D eigenvalue weighted by Crippen LogP contribution is -2.61. The summed E-state index contributed by atoms with van der Waals surface area (Å²) in [5.74, 6) is -12.4. The highest BCUT2D eigenvalue weighted by atomic mass is 32.2. The molecule has 0 radical (unpaired) electrons. The smallest absolute Gasteiger partial charge is 0.305 e. The van der Waals surface area contributed by atoms with Gasteiger partial charge in [0.05, 0.1) is 31.7 Å². The zero-order valence-electron chi connectivity index (χ0n) is 65.5. The van der Waals surface area contributed by atoms with Crippen molar-refractivity contribution >= 4 is 112 Å². The molecule has 1 fully saturated rings. The molecule has 1 aromatic carbocycles. The van der Waals surface area contributed by atoms with Crippen LogP contribution < -0.4 is 70.0 Å². The number of Topliss-reactive ketones (excluding diaryl/α,β-unsaturated/α-hetero) is 1. The highest BCUT2D eigenvalue weighted by Gasteiger charge is 2.44. The molecule has 622 valence electrons. The van der Waals surface area contributed by atoms with Gasteiger partial charge in [0, 0.05) is 25.3 Å². The number of phenols is 1. The van der Waals surface area contributed by atoms with Gasteiger partial charge >= 0.3 is 5.97 Å². The Bertz CT molecular complexity index is 3100. The van der Waals surface area contributed by atoms with Crippen LogP contribution >= 0.6 is 23.5 Å². The molecule has 110 heavy (non-hydrogen) atoms. The molecule has 0 aromatic heterocycles. The molecule has 0 bridgehead atoms. The Balaban J connectivity index is 2.31. The van der Waals surface area contributed by atoms with Crippen LogP contribution in [0.1, 0.15) is 220 Å². The van der Waals surface area contributed by atoms with Crippen molar-refractivity contribution in [2.75, 3.05) is 43.7 Å². The zero-order chi connectivity index (χ0) is 82.3. The average molecular weight is 1590 g/mol. The van der Waals surface area contributed by atoms with Gasteiger partial charge in [-0.25, -0.2) is 0 Å². The van der Waals surface area contributed by atoms with Gasteiger partial charge in [-0.1, -0.05) is 122 Å². The number of carboxylic acids is 1. The Morgan fingerprint density at radius 1 is 0.527 bits per heavy atom. The highest BCUT2D eigenvalue weighted by molar-refractivity contribution is 7.98. The molecule has 1 saturated heterocycles. The molecular weight excluding hydrogens is 1470 g/mol. The molecule has 0 saturated carbocycles. The molecule has 35 heteroatoms. The van der Waals surface area contributed by atoms with Crippen molar-refractivity contribution in [1.29, 1.82) is 0 Å². The molecule has 1 aliphatic rings. The number of phenolic OH excluding ortho intramolecular Hbond substituents is 1. The number of nitrogens with zero attached hydrogens (tertiary/aromatic N) is 1. The van der Waals surface area contributed by atoms with Gasteiger partial charge in [0.1, 0.15) is 66.2 Å². The first kappa shape index (κ1) is 97.9. The van der Waals surface area contributed by atoms with Crippen LogP contribution in [0.15, 0.2) is 24.3 Å². The summed E-state index contributed by atoms with van der Waals surface area (Å²) in [7, 11) is 0. The standard InChI is InChI=1S/C75H126N14O19S2/c1-9-11-13-14-15-16-17-18-19-20-21-22-24-29-62(95)79-55(36-39-109-7)67(100)78-44-63(96)80-58(42-50-30-32-51(93)33-31-50)72(105)83-54(34-35-61(77)94)70(103)82-52(27-23-12-10-2)68(101)81-53(28-25-26-38-76)69(102)86-59-41-46(3)89(75(59)108)47(4)66(99)87-60(45-90)73(106)84-56(37-40-110-8)71(104)88-65(49(6)92)74(107)85-57(48(5)91)43-64(97)98/h30-33,46-47,49,52-60,65,90,92-93H,9-29,34-45,76H2,1-8H3,(H2,77,94)(H,78,100)(H,79,95)(H,80,96)(H,81,101)(H,82,103)(H,83,105)(H,84,106)(H,85,107)(H,86,102)(H,87,99)(H,88,104)(H,97,98)/t46?,47-,49+,52-,53-,54-,55-,56-,57-,58-,59-,60-,65-/m0/s1. The third kappa shape index (κ3) is 38.7. The van der Waals surface area contributed by atoms with Crippen LogP contribution in [0.5, 0.6) is 5.75 Å². The van der Waals surface area contributed by atoms with Crippen LogP contribution in [0.25, 0.3) is 0 Å². The van der Waals surface area contributed by atoms with E-state index in [1.165, 1.54) is 106 Å². The maximum absolute atomic E-state index is 14.6. The molecule has 1 unspecified atom stereocenters. The van der Waals surface area contributed by atoms with Crippen molar-refractivity contribution in [1.82, 2.24) is 63.4 Å². The number of thioether (sulfide) groups is 2. The van der Waals surface area contributed by atoms with Crippen molar-refractivity contribution in [3.05, 3.63) is 29.8 Å². The fourth-order valence-electron chi connectivity index (χ4n) is 12.4. The summed E-state index contributed by atoms with van der Waals surface area (Å²) in [5, 5.41) is 68.1. The molecule has 1 heterocycles. The summed E-state index contributed by atoms with van der Waals surface area (Å²) in [6, 6.07) is -10.7. The van der Waals surface area contributed by atoms with E-state index in [4.69, 9.17) is 11.5 Å². The van der Waals surface area contributed by atoms with Crippen LogP contribution in [0, 0.1) is 0 Å². The first-order valence-electron chi connectivity index (χ1n) is 38.7. The molecule has 1 aliphatic heterocycles. The molecule has 13 amide bonds. The number of unbranched alkanes of at least 4 members (excludes halogenated alkanes) is 15. The number of benzene rings is 1. The molecule has 19 N–H and O–H groups in total. The zero-order valence-corrected chi connectivity index (χ0v) is 67.1. The van der Waals surface area contributed by atoms with Crippen molar-refractivity contribution in [2.24, 2.45) is 11.5 Å². The highest BCUT2D eigenvalue weighted by Crippen LogP contribution is 2.24. The summed E-state index contributed by atoms with van der Waals surface area (Å²) in [5.41, 5.74) is 11.8. The van der Waals surface area contributed by atoms with Crippen LogP contribution in [-0.2, 0) is 78.3 Å². The second-order valence-electron chi connectivity index (χ2n) is 28.2. The molecule has 1 aromatic rings. The number of amides is 13. The predicted octanol–water partition coefficient (Wildman–Crippen LogP) is 1.31. The number of ketones is 1. The second kappa shape index (κ2) is 55.3. The minimum atomic E-state index is -1.73. The molecule has 33 nitrogen and oxygen atoms in total. The number of carbonyl (C=O) groups excluding carboxylic acids is 14. The number of rotatable bonds is 60. The van der Waals surface area contributed by atoms with E-state index in [1.807, 2.05) is 13.2 Å². The van der Waals surface area contributed by atoms with E-state index in [-0.39, 0.29) is 75.3 Å². The van der Waals surface area contributed by atoms with E-state index in [9.17, 15) is 92.3 Å². The van der Waals surface area contributed by atoms with E-state index in [0.29, 0.717) is 49.8 Å². The van der Waals surface area contributed by atoms with Gasteiger partial charge in [-0.15, -0.1) is 0 Å². The third-order valence-corrected chi connectivity index (χ3v) is 20.2. The number of aliphatic hydroxyl groups excluding tert-OH is 2. The number of hydrogen-bond donors (Lipinski definition) is 17. The van der Waals surface area contributed by atoms with Gasteiger partial charge < -0.3 is 95.3 Å². The fourth-order valence-corrected chi connectivity index (χ4v) is 13.3. The Kier molecular flexibility index (Phi) is 49.2. The SMILES string of the molecule is CCCCCCCCCCCCCCCC(=O)N[C@@H](CCSC)C(=O)NCC(=O)N[C@@H](Cc1ccc(O)cc1)C(=O)N[C@@H](CCC(N)=O)C(=O)N[C@@H](CCCCC)C(=O)N[C@@H](CCCCN)C(=O)N[C@H]1CC(C)N([C@@H](C)C(=O)N[C@@H](CO)C(=O)N[C@@H](CCSC)C(=O)N[C@H](C(=O)N[C@@H](CC(=O)O)C(C)=O)[C@@H](C)O)C1=O. The van der Waals surface area contributed by atoms with Crippen LogP contribution in [0.4, 0.5) is 0 Å². The maximum Gasteiger partial charge on any atom is 0.305 e. The van der Waals surface area contributed by atoms with Crippen molar-refractivity contribution < 1.29 is 92.3 Å². The minimum Gasteiger partial charge on any atom is -0.508 e. The Labute approximate surface area is 655 Å². The predicted molar refractivity (Wildman–Crippen MR) is 418 cm³/mol. The maximum atomic E-state index is 14.6. The summed E-state index contributed by atoms with van der Waals surface area (Å²) in [4.78, 5) is 204. The lowest BCUT2D eigenvalue weighted by molar-refractivity contribution is -0.141. The van der Waals surface area contributed by atoms with E-state index >= 15 is 0 Å². The molecule has 13 atom stereocenters. The Hall–Kier alpha value is -8.15. The summed E-state index contributed by atoms with van der Waals surface area (Å²) >= 11 is 2.75. The number of aromatic hydroxyl groups is 1. The Morgan fingerprint density at radius 2 is 0.973 bits per heavy atom. The number of nitrogens with one attached hydrogen (secondary N) is 11. The number of likely N-dealkylation sites (tertiary alicyclic amines) is 1. The van der Waals surface area contributed by atoms with Gasteiger partial charge in [0.15, 0.2) is 5.78 Å². The first-order chi connectivity index (χ1) is 52.4. The van der Waals surface area contributed by atoms with E-state index in [2.05, 4.69) is 65.4 Å². The van der Waals surface area contributed by atoms with Gasteiger partial charge in [-0.05, 0) is 134 Å². The number of hydrogen-bond acceptors (Lipinski definition) is 21.